The Morgan fingerprint density at radius 3 is 2.42 bits per heavy atom. The first-order chi connectivity index (χ1) is 8.74. The van der Waals surface area contributed by atoms with Gasteiger partial charge in [-0.1, -0.05) is 0 Å². The molecule has 1 amide bonds. The molecule has 1 aliphatic carbocycles. The maximum atomic E-state index is 14.4. The molecule has 0 aromatic rings. The van der Waals surface area contributed by atoms with Crippen LogP contribution in [0.1, 0.15) is 27.2 Å². The summed E-state index contributed by atoms with van der Waals surface area (Å²) in [5, 5.41) is 0. The number of hydrogen-bond acceptors (Lipinski definition) is 4. The molecule has 2 aliphatic rings. The van der Waals surface area contributed by atoms with Crippen molar-refractivity contribution in [1.82, 2.24) is 4.90 Å². The van der Waals surface area contributed by atoms with Crippen molar-refractivity contribution in [3.63, 3.8) is 0 Å². The summed E-state index contributed by atoms with van der Waals surface area (Å²) in [5.41, 5.74) is -2.73. The number of carbonyl (C=O) groups excluding carboxylic acids is 2. The van der Waals surface area contributed by atoms with Gasteiger partial charge in [0.15, 0.2) is 0 Å². The molecule has 6 heteroatoms. The van der Waals surface area contributed by atoms with E-state index >= 15 is 0 Å². The van der Waals surface area contributed by atoms with E-state index in [1.54, 1.807) is 20.8 Å². The third-order valence-electron chi connectivity index (χ3n) is 3.24. The van der Waals surface area contributed by atoms with E-state index < -0.39 is 29.1 Å². The van der Waals surface area contributed by atoms with E-state index in [9.17, 15) is 14.0 Å². The number of hydrogen-bond donors (Lipinski definition) is 0. The first-order valence-corrected chi connectivity index (χ1v) is 6.53. The van der Waals surface area contributed by atoms with Gasteiger partial charge >= 0.3 is 5.97 Å². The Balaban J connectivity index is 1.94. The molecule has 5 nitrogen and oxygen atoms in total. The minimum Gasteiger partial charge on any atom is -0.460 e. The number of nitrogens with zero attached hydrogens (tertiary/aromatic N) is 1. The fourth-order valence-corrected chi connectivity index (χ4v) is 2.15. The zero-order chi connectivity index (χ0) is 14.3. The zero-order valence-electron chi connectivity index (χ0n) is 11.6. The fourth-order valence-electron chi connectivity index (χ4n) is 2.15. The number of halogens is 1. The lowest BCUT2D eigenvalue weighted by Crippen LogP contribution is -2.46. The monoisotopic (exact) mass is 273 g/mol. The predicted octanol–water partition coefficient (Wildman–Crippen LogP) is 0.915. The molecular weight excluding hydrogens is 253 g/mol. The minimum absolute atomic E-state index is 0.0713. The molecule has 2 atom stereocenters. The third kappa shape index (κ3) is 3.05. The lowest BCUT2D eigenvalue weighted by atomic mass is 10.2. The molecule has 0 aromatic carbocycles. The van der Waals surface area contributed by atoms with Crippen LogP contribution in [-0.2, 0) is 19.1 Å². The van der Waals surface area contributed by atoms with Gasteiger partial charge in [0.25, 0.3) is 5.91 Å². The van der Waals surface area contributed by atoms with E-state index in [-0.39, 0.29) is 6.42 Å². The highest BCUT2D eigenvalue weighted by Crippen LogP contribution is 2.49. The van der Waals surface area contributed by atoms with Crippen LogP contribution in [0.15, 0.2) is 0 Å². The van der Waals surface area contributed by atoms with Crippen molar-refractivity contribution >= 4 is 11.9 Å². The maximum Gasteiger partial charge on any atom is 0.313 e. The number of alkyl halides is 1. The Hall–Kier alpha value is -1.17. The van der Waals surface area contributed by atoms with E-state index in [1.165, 1.54) is 4.90 Å². The molecule has 0 bridgehead atoms. The van der Waals surface area contributed by atoms with Gasteiger partial charge in [0, 0.05) is 19.5 Å². The maximum absolute atomic E-state index is 14.4. The molecule has 1 heterocycles. The van der Waals surface area contributed by atoms with Crippen LogP contribution in [0, 0.1) is 5.92 Å². The van der Waals surface area contributed by atoms with Gasteiger partial charge in [-0.05, 0) is 20.8 Å². The Labute approximate surface area is 112 Å². The van der Waals surface area contributed by atoms with Crippen LogP contribution in [0.2, 0.25) is 0 Å². The van der Waals surface area contributed by atoms with Gasteiger partial charge in [-0.15, -0.1) is 0 Å². The summed E-state index contributed by atoms with van der Waals surface area (Å²) in [6.07, 6.45) is -0.0713. The quantitative estimate of drug-likeness (QED) is 0.702. The third-order valence-corrected chi connectivity index (χ3v) is 3.24. The average molecular weight is 273 g/mol. The van der Waals surface area contributed by atoms with Gasteiger partial charge in [-0.2, -0.15) is 0 Å². The van der Waals surface area contributed by atoms with Crippen molar-refractivity contribution in [1.29, 1.82) is 0 Å². The Morgan fingerprint density at radius 2 is 1.89 bits per heavy atom. The number of amides is 1. The molecule has 2 rings (SSSR count). The second-order valence-electron chi connectivity index (χ2n) is 6.06. The molecule has 1 saturated carbocycles. The zero-order valence-corrected chi connectivity index (χ0v) is 11.6. The number of ether oxygens (including phenoxy) is 2. The molecule has 0 spiro atoms. The molecule has 2 fully saturated rings. The molecule has 0 radical (unpaired) electrons. The SMILES string of the molecule is CC(C)(C)OC(=O)[C@@H]1C[C@]1(F)C(=O)N1CCOCC1. The van der Waals surface area contributed by atoms with Crippen LogP contribution in [0.5, 0.6) is 0 Å². The standard InChI is InChI=1S/C13H20FNO4/c1-12(2,3)19-10(16)9-8-13(9,14)11(17)15-4-6-18-7-5-15/h9H,4-8H2,1-3H3/t9-,13+/m0/s1. The molecule has 0 unspecified atom stereocenters. The lowest BCUT2D eigenvalue weighted by Gasteiger charge is -2.28. The lowest BCUT2D eigenvalue weighted by molar-refractivity contribution is -0.160. The molecule has 0 aromatic heterocycles. The fraction of sp³-hybridized carbons (Fsp3) is 0.846. The van der Waals surface area contributed by atoms with Crippen molar-refractivity contribution in [2.75, 3.05) is 26.3 Å². The predicted molar refractivity (Wildman–Crippen MR) is 65.2 cm³/mol. The van der Waals surface area contributed by atoms with E-state index in [4.69, 9.17) is 9.47 Å². The average Bonchev–Trinajstić information content (AvgIpc) is 3.01. The van der Waals surface area contributed by atoms with Crippen molar-refractivity contribution in [2.45, 2.75) is 38.5 Å². The smallest absolute Gasteiger partial charge is 0.313 e. The summed E-state index contributed by atoms with van der Waals surface area (Å²) in [5.74, 6) is -2.19. The molecular formula is C13H20FNO4. The second-order valence-corrected chi connectivity index (χ2v) is 6.06. The van der Waals surface area contributed by atoms with E-state index in [1.807, 2.05) is 0 Å². The number of morpholine rings is 1. The van der Waals surface area contributed by atoms with Gasteiger partial charge in [0.1, 0.15) is 11.5 Å². The van der Waals surface area contributed by atoms with Crippen LogP contribution < -0.4 is 0 Å². The normalized spacial score (nSPS) is 30.9. The van der Waals surface area contributed by atoms with Crippen molar-refractivity contribution in [3.05, 3.63) is 0 Å². The summed E-state index contributed by atoms with van der Waals surface area (Å²) < 4.78 is 24.7. The molecule has 1 saturated heterocycles. The highest BCUT2D eigenvalue weighted by molar-refractivity contribution is 5.96. The van der Waals surface area contributed by atoms with Crippen LogP contribution in [0.4, 0.5) is 4.39 Å². The molecule has 108 valence electrons. The van der Waals surface area contributed by atoms with Gasteiger partial charge in [0.2, 0.25) is 5.67 Å². The van der Waals surface area contributed by atoms with Gasteiger partial charge in [0.05, 0.1) is 13.2 Å². The Morgan fingerprint density at radius 1 is 1.32 bits per heavy atom. The van der Waals surface area contributed by atoms with Crippen LogP contribution in [-0.4, -0.2) is 54.3 Å². The van der Waals surface area contributed by atoms with E-state index in [0.29, 0.717) is 26.3 Å². The van der Waals surface area contributed by atoms with Crippen molar-refractivity contribution in [3.8, 4) is 0 Å². The topological polar surface area (TPSA) is 55.8 Å². The van der Waals surface area contributed by atoms with Crippen molar-refractivity contribution in [2.24, 2.45) is 5.92 Å². The first-order valence-electron chi connectivity index (χ1n) is 6.53. The highest BCUT2D eigenvalue weighted by Gasteiger charge is 2.67. The van der Waals surface area contributed by atoms with E-state index in [0.717, 1.165) is 0 Å². The first kappa shape index (κ1) is 14.2. The number of rotatable bonds is 2. The van der Waals surface area contributed by atoms with Crippen molar-refractivity contribution < 1.29 is 23.5 Å². The minimum atomic E-state index is -2.07. The van der Waals surface area contributed by atoms with Crippen LogP contribution in [0.25, 0.3) is 0 Å². The Kier molecular flexibility index (Phi) is 3.55. The molecule has 0 N–H and O–H groups in total. The second kappa shape index (κ2) is 4.74. The summed E-state index contributed by atoms with van der Waals surface area (Å²) in [6, 6.07) is 0. The van der Waals surface area contributed by atoms with Gasteiger partial charge < -0.3 is 14.4 Å². The van der Waals surface area contributed by atoms with Gasteiger partial charge in [-0.25, -0.2) is 4.39 Å². The largest absolute Gasteiger partial charge is 0.460 e. The molecule has 1 aliphatic heterocycles. The number of carbonyl (C=O) groups is 2. The van der Waals surface area contributed by atoms with E-state index in [2.05, 4.69) is 0 Å². The highest BCUT2D eigenvalue weighted by atomic mass is 19.1. The Bertz CT molecular complexity index is 387. The van der Waals surface area contributed by atoms with Gasteiger partial charge in [-0.3, -0.25) is 9.59 Å². The van der Waals surface area contributed by atoms with Crippen LogP contribution >= 0.6 is 0 Å². The summed E-state index contributed by atoms with van der Waals surface area (Å²) >= 11 is 0. The van der Waals surface area contributed by atoms with Crippen LogP contribution in [0.3, 0.4) is 0 Å². The summed E-state index contributed by atoms with van der Waals surface area (Å²) in [7, 11) is 0. The summed E-state index contributed by atoms with van der Waals surface area (Å²) in [4.78, 5) is 25.2. The summed E-state index contributed by atoms with van der Waals surface area (Å²) in [6.45, 7) is 6.75. The number of esters is 1. The molecule has 19 heavy (non-hydrogen) atoms.